The Morgan fingerprint density at radius 3 is 2.81 bits per heavy atom. The summed E-state index contributed by atoms with van der Waals surface area (Å²) in [6.07, 6.45) is 3.84. The third-order valence-electron chi connectivity index (χ3n) is 3.53. The molecule has 1 aromatic carbocycles. The highest BCUT2D eigenvalue weighted by Gasteiger charge is 2.09. The number of hydrogen-bond donors (Lipinski definition) is 1. The average molecular weight is 282 g/mol. The molecule has 0 radical (unpaired) electrons. The molecule has 0 saturated carbocycles. The summed E-state index contributed by atoms with van der Waals surface area (Å²) in [5, 5.41) is 14.8. The van der Waals surface area contributed by atoms with Gasteiger partial charge in [0.05, 0.1) is 18.3 Å². The fourth-order valence-corrected chi connectivity index (χ4v) is 2.47. The molecule has 0 unspecified atom stereocenters. The molecule has 5 heteroatoms. The Labute approximate surface area is 123 Å². The van der Waals surface area contributed by atoms with Gasteiger partial charge in [-0.3, -0.25) is 4.68 Å². The van der Waals surface area contributed by atoms with Crippen molar-refractivity contribution in [2.24, 2.45) is 7.05 Å². The van der Waals surface area contributed by atoms with Gasteiger partial charge in [-0.05, 0) is 17.7 Å². The zero-order valence-electron chi connectivity index (χ0n) is 12.2. The number of benzene rings is 1. The highest BCUT2D eigenvalue weighted by molar-refractivity contribution is 5.84. The van der Waals surface area contributed by atoms with E-state index >= 15 is 0 Å². The molecule has 0 bridgehead atoms. The Balaban J connectivity index is 1.95. The molecular formula is C16H18N4O. The Kier molecular flexibility index (Phi) is 3.58. The van der Waals surface area contributed by atoms with Crippen molar-refractivity contribution in [2.75, 3.05) is 11.9 Å². The van der Waals surface area contributed by atoms with Crippen LogP contribution in [0.4, 0.5) is 5.82 Å². The number of anilines is 1. The standard InChI is InChI=1S/C16H18N4O/c1-19(9-12-8-17-20(2)10-12)16-7-13(11-21)14-5-3-4-6-15(14)18-16/h3-8,10,21H,9,11H2,1-2H3. The van der Waals surface area contributed by atoms with Crippen molar-refractivity contribution >= 4 is 16.7 Å². The van der Waals surface area contributed by atoms with Crippen molar-refractivity contribution in [3.05, 3.63) is 53.9 Å². The van der Waals surface area contributed by atoms with E-state index < -0.39 is 0 Å². The Morgan fingerprint density at radius 1 is 1.29 bits per heavy atom. The average Bonchev–Trinajstić information content (AvgIpc) is 2.91. The van der Waals surface area contributed by atoms with Gasteiger partial charge in [0.25, 0.3) is 0 Å². The largest absolute Gasteiger partial charge is 0.392 e. The van der Waals surface area contributed by atoms with E-state index in [4.69, 9.17) is 0 Å². The lowest BCUT2D eigenvalue weighted by atomic mass is 10.1. The number of aryl methyl sites for hydroxylation is 1. The van der Waals surface area contributed by atoms with Crippen molar-refractivity contribution < 1.29 is 5.11 Å². The first-order valence-electron chi connectivity index (χ1n) is 6.85. The molecular weight excluding hydrogens is 264 g/mol. The molecule has 0 atom stereocenters. The Bertz CT molecular complexity index is 766. The highest BCUT2D eigenvalue weighted by atomic mass is 16.3. The number of aromatic nitrogens is 3. The molecule has 0 aliphatic carbocycles. The van der Waals surface area contributed by atoms with Crippen molar-refractivity contribution in [3.8, 4) is 0 Å². The molecule has 0 aliphatic rings. The molecule has 2 heterocycles. The maximum atomic E-state index is 9.58. The molecule has 108 valence electrons. The second kappa shape index (κ2) is 5.54. The van der Waals surface area contributed by atoms with E-state index in [0.717, 1.165) is 34.4 Å². The van der Waals surface area contributed by atoms with Gasteiger partial charge in [-0.1, -0.05) is 18.2 Å². The molecule has 2 aromatic heterocycles. The van der Waals surface area contributed by atoms with Gasteiger partial charge in [0.2, 0.25) is 0 Å². The van der Waals surface area contributed by atoms with Gasteiger partial charge >= 0.3 is 0 Å². The topological polar surface area (TPSA) is 54.2 Å². The van der Waals surface area contributed by atoms with E-state index in [1.807, 2.05) is 56.8 Å². The molecule has 0 spiro atoms. The minimum absolute atomic E-state index is 0.0107. The summed E-state index contributed by atoms with van der Waals surface area (Å²) in [5.41, 5.74) is 2.92. The lowest BCUT2D eigenvalue weighted by Gasteiger charge is -2.19. The fraction of sp³-hybridized carbons (Fsp3) is 0.250. The summed E-state index contributed by atoms with van der Waals surface area (Å²) in [5.74, 6) is 0.849. The van der Waals surface area contributed by atoms with Gasteiger partial charge in [0.15, 0.2) is 0 Å². The van der Waals surface area contributed by atoms with Crippen LogP contribution in [0.3, 0.4) is 0 Å². The molecule has 0 saturated heterocycles. The van der Waals surface area contributed by atoms with Crippen molar-refractivity contribution in [2.45, 2.75) is 13.2 Å². The summed E-state index contributed by atoms with van der Waals surface area (Å²) in [6, 6.07) is 9.82. The number of aliphatic hydroxyl groups is 1. The quantitative estimate of drug-likeness (QED) is 0.796. The molecule has 5 nitrogen and oxygen atoms in total. The number of pyridine rings is 1. The maximum absolute atomic E-state index is 9.58. The van der Waals surface area contributed by atoms with E-state index in [2.05, 4.69) is 15.0 Å². The summed E-state index contributed by atoms with van der Waals surface area (Å²) in [6.45, 7) is 0.737. The van der Waals surface area contributed by atoms with E-state index in [1.54, 1.807) is 4.68 Å². The number of nitrogens with zero attached hydrogens (tertiary/aromatic N) is 4. The maximum Gasteiger partial charge on any atom is 0.129 e. The van der Waals surface area contributed by atoms with Crippen LogP contribution in [0.15, 0.2) is 42.7 Å². The predicted octanol–water partition coefficient (Wildman–Crippen LogP) is 2.10. The van der Waals surface area contributed by atoms with Gasteiger partial charge in [-0.15, -0.1) is 0 Å². The minimum atomic E-state index is 0.0107. The van der Waals surface area contributed by atoms with E-state index in [1.165, 1.54) is 0 Å². The third-order valence-corrected chi connectivity index (χ3v) is 3.53. The number of aliphatic hydroxyl groups excluding tert-OH is 1. The zero-order valence-corrected chi connectivity index (χ0v) is 12.2. The molecule has 3 rings (SSSR count). The van der Waals surface area contributed by atoms with Crippen LogP contribution in [0.25, 0.3) is 10.9 Å². The molecule has 0 fully saturated rings. The summed E-state index contributed by atoms with van der Waals surface area (Å²) < 4.78 is 1.79. The number of rotatable bonds is 4. The van der Waals surface area contributed by atoms with E-state index in [9.17, 15) is 5.11 Å². The number of para-hydroxylation sites is 1. The van der Waals surface area contributed by atoms with Crippen molar-refractivity contribution in [3.63, 3.8) is 0 Å². The van der Waals surface area contributed by atoms with Gasteiger partial charge in [0.1, 0.15) is 5.82 Å². The second-order valence-corrected chi connectivity index (χ2v) is 5.19. The van der Waals surface area contributed by atoms with Crippen LogP contribution in [0.5, 0.6) is 0 Å². The number of fused-ring (bicyclic) bond motifs is 1. The Hall–Kier alpha value is -2.40. The predicted molar refractivity (Wildman–Crippen MR) is 83.0 cm³/mol. The van der Waals surface area contributed by atoms with Gasteiger partial charge in [0, 0.05) is 37.8 Å². The van der Waals surface area contributed by atoms with Gasteiger partial charge in [-0.2, -0.15) is 5.10 Å². The second-order valence-electron chi connectivity index (χ2n) is 5.19. The summed E-state index contributed by atoms with van der Waals surface area (Å²) in [7, 11) is 3.90. The molecule has 0 amide bonds. The zero-order chi connectivity index (χ0) is 14.8. The smallest absolute Gasteiger partial charge is 0.129 e. The first-order chi connectivity index (χ1) is 10.2. The van der Waals surface area contributed by atoms with Gasteiger partial charge < -0.3 is 10.0 Å². The van der Waals surface area contributed by atoms with Crippen molar-refractivity contribution in [1.82, 2.24) is 14.8 Å². The summed E-state index contributed by atoms with van der Waals surface area (Å²) >= 11 is 0. The van der Waals surface area contributed by atoms with Crippen LogP contribution in [0.1, 0.15) is 11.1 Å². The van der Waals surface area contributed by atoms with E-state index in [0.29, 0.717) is 0 Å². The SMILES string of the molecule is CN(Cc1cnn(C)c1)c1cc(CO)c2ccccc2n1. The van der Waals surface area contributed by atoms with Crippen molar-refractivity contribution in [1.29, 1.82) is 0 Å². The van der Waals surface area contributed by atoms with Crippen LogP contribution in [0.2, 0.25) is 0 Å². The normalized spacial score (nSPS) is 11.0. The first-order valence-corrected chi connectivity index (χ1v) is 6.85. The highest BCUT2D eigenvalue weighted by Crippen LogP contribution is 2.23. The van der Waals surface area contributed by atoms with Crippen LogP contribution < -0.4 is 4.90 Å². The third kappa shape index (κ3) is 2.73. The minimum Gasteiger partial charge on any atom is -0.392 e. The molecule has 3 aromatic rings. The van der Waals surface area contributed by atoms with Gasteiger partial charge in [-0.25, -0.2) is 4.98 Å². The van der Waals surface area contributed by atoms with E-state index in [-0.39, 0.29) is 6.61 Å². The monoisotopic (exact) mass is 282 g/mol. The lowest BCUT2D eigenvalue weighted by Crippen LogP contribution is -2.17. The Morgan fingerprint density at radius 2 is 2.10 bits per heavy atom. The summed E-state index contributed by atoms with van der Waals surface area (Å²) in [4.78, 5) is 6.73. The molecule has 21 heavy (non-hydrogen) atoms. The van der Waals surface area contributed by atoms with Crippen LogP contribution >= 0.6 is 0 Å². The fourth-order valence-electron chi connectivity index (χ4n) is 2.47. The number of hydrogen-bond acceptors (Lipinski definition) is 4. The first kappa shape index (κ1) is 13.6. The van der Waals surface area contributed by atoms with Crippen LogP contribution in [-0.4, -0.2) is 26.9 Å². The van der Waals surface area contributed by atoms with Crippen LogP contribution in [-0.2, 0) is 20.2 Å². The van der Waals surface area contributed by atoms with Crippen LogP contribution in [0, 0.1) is 0 Å². The molecule has 0 aliphatic heterocycles. The lowest BCUT2D eigenvalue weighted by molar-refractivity contribution is 0.283. The molecule has 1 N–H and O–H groups in total.